The first-order valence-electron chi connectivity index (χ1n) is 21.2. The third kappa shape index (κ3) is 7.20. The molecule has 3 amide bonds. The lowest BCUT2D eigenvalue weighted by atomic mass is 9.34. The quantitative estimate of drug-likeness (QED) is 0.126. The van der Waals surface area contributed by atoms with E-state index in [1.165, 1.54) is 19.4 Å². The second-order valence-electron chi connectivity index (χ2n) is 20.0. The Morgan fingerprint density at radius 2 is 1.30 bits per heavy atom. The van der Waals surface area contributed by atoms with Gasteiger partial charge in [-0.3, -0.25) is 14.4 Å². The third-order valence-corrected chi connectivity index (χ3v) is 16.0. The minimum absolute atomic E-state index is 0.00469. The van der Waals surface area contributed by atoms with Crippen molar-refractivity contribution in [1.82, 2.24) is 16.0 Å². The number of esters is 2. The van der Waals surface area contributed by atoms with Crippen molar-refractivity contribution in [3.63, 3.8) is 0 Å². The summed E-state index contributed by atoms with van der Waals surface area (Å²) in [6.07, 6.45) is 10.4. The molecule has 0 radical (unpaired) electrons. The summed E-state index contributed by atoms with van der Waals surface area (Å²) in [5, 5.41) is 8.68. The van der Waals surface area contributed by atoms with Crippen LogP contribution in [0.3, 0.4) is 0 Å². The van der Waals surface area contributed by atoms with Crippen LogP contribution >= 0.6 is 0 Å². The van der Waals surface area contributed by atoms with E-state index < -0.39 is 17.4 Å². The maximum absolute atomic E-state index is 14.3. The summed E-state index contributed by atoms with van der Waals surface area (Å²) >= 11 is 0. The summed E-state index contributed by atoms with van der Waals surface area (Å²) in [5.74, 6) is -0.451. The van der Waals surface area contributed by atoms with Crippen molar-refractivity contribution in [3.05, 3.63) is 46.5 Å². The number of fused-ring (bicyclic) bond motifs is 6. The fourth-order valence-electron chi connectivity index (χ4n) is 12.9. The highest BCUT2D eigenvalue weighted by atomic mass is 16.5. The SMILES string of the molecule is CC(=O)NCCNC(=O)[C@]12CCC(C)(C)CC1=C1CC[C@@H]3[C@@]4(C)CCC(OC(=O)c5ccccc5C(=O)OCCNC(C)=O)C(C)(C)[C@@H]4CC[C@@]3(C)[C@]1(C)CC2. The zero-order valence-electron chi connectivity index (χ0n) is 35.5. The number of benzene rings is 1. The van der Waals surface area contributed by atoms with Crippen LogP contribution in [0.1, 0.15) is 154 Å². The molecule has 308 valence electrons. The van der Waals surface area contributed by atoms with Gasteiger partial charge in [-0.15, -0.1) is 0 Å². The molecule has 4 saturated carbocycles. The Labute approximate surface area is 334 Å². The van der Waals surface area contributed by atoms with Crippen molar-refractivity contribution >= 4 is 29.7 Å². The summed E-state index contributed by atoms with van der Waals surface area (Å²) in [6, 6.07) is 6.64. The van der Waals surface area contributed by atoms with Gasteiger partial charge in [0.05, 0.1) is 23.1 Å². The molecule has 10 nitrogen and oxygen atoms in total. The summed E-state index contributed by atoms with van der Waals surface area (Å²) in [7, 11) is 0. The van der Waals surface area contributed by atoms with Gasteiger partial charge in [0.25, 0.3) is 0 Å². The second kappa shape index (κ2) is 15.2. The standard InChI is InChI=1S/C46H67N3O7/c1-29(50)47-24-25-49-40(54)46-22-20-41(3,4)28-34(46)33-14-15-36-43(7)18-17-37(42(5,6)35(43)16-19-45(36,9)44(33,8)21-23-46)56-39(53)32-13-11-10-12-31(32)38(52)55-27-26-48-30(2)51/h10-13,35-37H,14-28H2,1-9H3,(H,47,50)(H,48,51)(H,49,54)/t35-,36+,37?,43-,44+,45+,46-/m0/s1. The van der Waals surface area contributed by atoms with E-state index in [9.17, 15) is 24.0 Å². The van der Waals surface area contributed by atoms with Crippen LogP contribution in [0.25, 0.3) is 0 Å². The molecule has 0 aliphatic heterocycles. The highest BCUT2D eigenvalue weighted by Gasteiger charge is 2.68. The largest absolute Gasteiger partial charge is 0.460 e. The van der Waals surface area contributed by atoms with Gasteiger partial charge in [0.15, 0.2) is 0 Å². The van der Waals surface area contributed by atoms with Crippen LogP contribution in [0.4, 0.5) is 0 Å². The molecule has 0 saturated heterocycles. The fourth-order valence-corrected chi connectivity index (χ4v) is 12.9. The minimum atomic E-state index is -0.621. The number of allylic oxidation sites excluding steroid dienone is 1. The van der Waals surface area contributed by atoms with Crippen LogP contribution < -0.4 is 16.0 Å². The van der Waals surface area contributed by atoms with Crippen molar-refractivity contribution in [1.29, 1.82) is 0 Å². The van der Waals surface area contributed by atoms with Crippen molar-refractivity contribution in [2.45, 2.75) is 139 Å². The van der Waals surface area contributed by atoms with Gasteiger partial charge in [-0.1, -0.05) is 71.7 Å². The molecular formula is C46H67N3O7. The average molecular weight is 774 g/mol. The Hall–Kier alpha value is -3.69. The van der Waals surface area contributed by atoms with Gasteiger partial charge in [-0.05, 0) is 116 Å². The Bertz CT molecular complexity index is 1780. The molecule has 1 aromatic carbocycles. The first-order chi connectivity index (χ1) is 26.2. The molecule has 7 atom stereocenters. The van der Waals surface area contributed by atoms with Crippen molar-refractivity contribution in [3.8, 4) is 0 Å². The minimum Gasteiger partial charge on any atom is -0.460 e. The lowest BCUT2D eigenvalue weighted by Crippen LogP contribution is -2.64. The van der Waals surface area contributed by atoms with Gasteiger partial charge in [0.2, 0.25) is 17.7 Å². The van der Waals surface area contributed by atoms with E-state index in [1.54, 1.807) is 29.8 Å². The van der Waals surface area contributed by atoms with Gasteiger partial charge in [-0.25, -0.2) is 9.59 Å². The van der Waals surface area contributed by atoms with Gasteiger partial charge in [-0.2, -0.15) is 0 Å². The summed E-state index contributed by atoms with van der Waals surface area (Å²) in [5.41, 5.74) is 2.80. The molecule has 3 N–H and O–H groups in total. The van der Waals surface area contributed by atoms with E-state index in [2.05, 4.69) is 64.4 Å². The molecule has 0 bridgehead atoms. The van der Waals surface area contributed by atoms with Crippen LogP contribution in [0.15, 0.2) is 35.4 Å². The molecule has 56 heavy (non-hydrogen) atoms. The molecule has 1 aromatic rings. The number of nitrogens with one attached hydrogen (secondary N) is 3. The molecule has 5 aliphatic rings. The smallest absolute Gasteiger partial charge is 0.339 e. The highest BCUT2D eigenvalue weighted by Crippen LogP contribution is 2.75. The molecule has 10 heteroatoms. The van der Waals surface area contributed by atoms with E-state index in [1.807, 2.05) is 0 Å². The van der Waals surface area contributed by atoms with Crippen molar-refractivity contribution in [2.24, 2.45) is 44.3 Å². The molecule has 4 fully saturated rings. The zero-order valence-corrected chi connectivity index (χ0v) is 35.5. The second-order valence-corrected chi connectivity index (χ2v) is 20.0. The number of carbonyl (C=O) groups excluding carboxylic acids is 5. The van der Waals surface area contributed by atoms with Crippen LogP contribution in [-0.4, -0.2) is 62.0 Å². The van der Waals surface area contributed by atoms with Gasteiger partial charge in [0.1, 0.15) is 12.7 Å². The van der Waals surface area contributed by atoms with Gasteiger partial charge in [0, 0.05) is 32.4 Å². The normalized spacial score (nSPS) is 34.0. The first kappa shape index (κ1) is 41.9. The topological polar surface area (TPSA) is 140 Å². The number of hydrogen-bond acceptors (Lipinski definition) is 7. The van der Waals surface area contributed by atoms with Gasteiger partial charge < -0.3 is 25.4 Å². The van der Waals surface area contributed by atoms with Gasteiger partial charge >= 0.3 is 11.9 Å². The van der Waals surface area contributed by atoms with E-state index in [4.69, 9.17) is 9.47 Å². The van der Waals surface area contributed by atoms with E-state index >= 15 is 0 Å². The van der Waals surface area contributed by atoms with Crippen LogP contribution in [-0.2, 0) is 23.9 Å². The number of carbonyl (C=O) groups is 5. The van der Waals surface area contributed by atoms with E-state index in [0.29, 0.717) is 24.9 Å². The predicted molar refractivity (Wildman–Crippen MR) is 215 cm³/mol. The van der Waals surface area contributed by atoms with Crippen LogP contribution in [0.5, 0.6) is 0 Å². The summed E-state index contributed by atoms with van der Waals surface area (Å²) in [4.78, 5) is 63.8. The maximum atomic E-state index is 14.3. The molecule has 5 aliphatic carbocycles. The monoisotopic (exact) mass is 773 g/mol. The Morgan fingerprint density at radius 3 is 1.98 bits per heavy atom. The molecule has 6 rings (SSSR count). The molecule has 0 aromatic heterocycles. The highest BCUT2D eigenvalue weighted by molar-refractivity contribution is 6.03. The Morgan fingerprint density at radius 1 is 0.679 bits per heavy atom. The fraction of sp³-hybridized carbons (Fsp3) is 0.717. The number of amides is 3. The van der Waals surface area contributed by atoms with Crippen LogP contribution in [0, 0.1) is 44.3 Å². The number of ether oxygens (including phenoxy) is 2. The molecule has 1 unspecified atom stereocenters. The van der Waals surface area contributed by atoms with Crippen molar-refractivity contribution in [2.75, 3.05) is 26.2 Å². The van der Waals surface area contributed by atoms with Crippen LogP contribution in [0.2, 0.25) is 0 Å². The Balaban J connectivity index is 1.22. The lowest BCUT2D eigenvalue weighted by Gasteiger charge is -2.71. The Kier molecular flexibility index (Phi) is 11.4. The lowest BCUT2D eigenvalue weighted by molar-refractivity contribution is -0.205. The average Bonchev–Trinajstić information content (AvgIpc) is 3.12. The van der Waals surface area contributed by atoms with E-state index in [-0.39, 0.29) is 75.2 Å². The molecular weight excluding hydrogens is 707 g/mol. The number of rotatable bonds is 10. The number of hydrogen-bond donors (Lipinski definition) is 3. The summed E-state index contributed by atoms with van der Waals surface area (Å²) < 4.78 is 11.8. The summed E-state index contributed by atoms with van der Waals surface area (Å²) in [6.45, 7) is 20.9. The maximum Gasteiger partial charge on any atom is 0.339 e. The predicted octanol–water partition coefficient (Wildman–Crippen LogP) is 7.70. The zero-order chi connectivity index (χ0) is 40.9. The molecule has 0 heterocycles. The first-order valence-corrected chi connectivity index (χ1v) is 21.2. The van der Waals surface area contributed by atoms with Crippen molar-refractivity contribution < 1.29 is 33.4 Å². The van der Waals surface area contributed by atoms with E-state index in [0.717, 1.165) is 70.6 Å². The third-order valence-electron chi connectivity index (χ3n) is 16.0. The molecule has 0 spiro atoms.